The number of rotatable bonds is 9. The molecule has 0 aliphatic rings. The SMILES string of the molecule is CCOC(=O)c1c(CSCOc2ccccc2)n(C)c2cc(Br)c(O)c(CN(C)C)c12.Cl. The van der Waals surface area contributed by atoms with Crippen LogP contribution in [0, 0.1) is 0 Å². The minimum atomic E-state index is -0.380. The first kappa shape index (κ1) is 26.4. The average molecular weight is 544 g/mol. The van der Waals surface area contributed by atoms with Crippen LogP contribution in [0.15, 0.2) is 40.9 Å². The van der Waals surface area contributed by atoms with Gasteiger partial charge in [0.05, 0.1) is 22.2 Å². The Balaban J connectivity index is 0.00000363. The molecule has 0 fully saturated rings. The molecule has 3 rings (SSSR count). The normalized spacial score (nSPS) is 10.9. The number of carbonyl (C=O) groups excluding carboxylic acids is 1. The Kier molecular flexibility index (Phi) is 9.76. The number of aromatic hydroxyl groups is 1. The number of halogens is 2. The number of nitrogens with zero attached hydrogens (tertiary/aromatic N) is 2. The number of fused-ring (bicyclic) bond motifs is 1. The Morgan fingerprint density at radius 2 is 1.94 bits per heavy atom. The van der Waals surface area contributed by atoms with Gasteiger partial charge in [0.25, 0.3) is 0 Å². The van der Waals surface area contributed by atoms with E-state index in [0.29, 0.717) is 33.8 Å². The molecule has 0 spiro atoms. The highest BCUT2D eigenvalue weighted by atomic mass is 79.9. The van der Waals surface area contributed by atoms with E-state index in [-0.39, 0.29) is 30.7 Å². The average Bonchev–Trinajstić information content (AvgIpc) is 3.01. The number of hydrogen-bond donors (Lipinski definition) is 1. The van der Waals surface area contributed by atoms with E-state index < -0.39 is 0 Å². The minimum absolute atomic E-state index is 0. The molecule has 1 heterocycles. The fraction of sp³-hybridized carbons (Fsp3) is 0.348. The molecule has 32 heavy (non-hydrogen) atoms. The Hall–Kier alpha value is -1.87. The van der Waals surface area contributed by atoms with Crippen molar-refractivity contribution < 1.29 is 19.4 Å². The quantitative estimate of drug-likeness (QED) is 0.216. The summed E-state index contributed by atoms with van der Waals surface area (Å²) in [6.07, 6.45) is 0. The highest BCUT2D eigenvalue weighted by Crippen LogP contribution is 2.40. The van der Waals surface area contributed by atoms with Crippen molar-refractivity contribution in [1.29, 1.82) is 0 Å². The van der Waals surface area contributed by atoms with Crippen molar-refractivity contribution in [3.8, 4) is 11.5 Å². The maximum absolute atomic E-state index is 13.0. The summed E-state index contributed by atoms with van der Waals surface area (Å²) in [5, 5.41) is 11.5. The van der Waals surface area contributed by atoms with Crippen molar-refractivity contribution in [3.05, 3.63) is 57.7 Å². The van der Waals surface area contributed by atoms with Crippen LogP contribution in [-0.4, -0.2) is 47.2 Å². The van der Waals surface area contributed by atoms with E-state index >= 15 is 0 Å². The summed E-state index contributed by atoms with van der Waals surface area (Å²) in [4.78, 5) is 15.0. The van der Waals surface area contributed by atoms with Crippen molar-refractivity contribution in [1.82, 2.24) is 9.47 Å². The van der Waals surface area contributed by atoms with Crippen LogP contribution < -0.4 is 4.74 Å². The second-order valence-corrected chi connectivity index (χ2v) is 9.13. The predicted octanol–water partition coefficient (Wildman–Crippen LogP) is 5.58. The van der Waals surface area contributed by atoms with E-state index in [1.165, 1.54) is 0 Å². The van der Waals surface area contributed by atoms with Crippen LogP contribution in [0.3, 0.4) is 0 Å². The topological polar surface area (TPSA) is 63.9 Å². The highest BCUT2D eigenvalue weighted by Gasteiger charge is 2.27. The summed E-state index contributed by atoms with van der Waals surface area (Å²) in [6.45, 7) is 2.56. The molecule has 2 aromatic carbocycles. The number of benzene rings is 2. The summed E-state index contributed by atoms with van der Waals surface area (Å²) >= 11 is 5.03. The molecule has 0 saturated carbocycles. The molecule has 174 valence electrons. The van der Waals surface area contributed by atoms with Gasteiger partial charge in [0, 0.05) is 36.0 Å². The molecule has 0 saturated heterocycles. The molecule has 0 radical (unpaired) electrons. The van der Waals surface area contributed by atoms with Gasteiger partial charge in [0.2, 0.25) is 0 Å². The number of hydrogen-bond acceptors (Lipinski definition) is 6. The second-order valence-electron chi connectivity index (χ2n) is 7.34. The van der Waals surface area contributed by atoms with Crippen molar-refractivity contribution in [2.45, 2.75) is 19.2 Å². The van der Waals surface area contributed by atoms with E-state index in [2.05, 4.69) is 15.9 Å². The molecular formula is C23H28BrClN2O4S. The lowest BCUT2D eigenvalue weighted by Crippen LogP contribution is -2.13. The lowest BCUT2D eigenvalue weighted by Gasteiger charge is -2.15. The van der Waals surface area contributed by atoms with Crippen LogP contribution in [-0.2, 0) is 24.1 Å². The van der Waals surface area contributed by atoms with Gasteiger partial charge in [-0.2, -0.15) is 0 Å². The van der Waals surface area contributed by atoms with Crippen LogP contribution in [0.2, 0.25) is 0 Å². The highest BCUT2D eigenvalue weighted by molar-refractivity contribution is 9.10. The molecular weight excluding hydrogens is 516 g/mol. The number of phenols is 1. The molecule has 0 atom stereocenters. The van der Waals surface area contributed by atoms with Gasteiger partial charge in [-0.15, -0.1) is 24.2 Å². The first-order valence-electron chi connectivity index (χ1n) is 9.94. The molecule has 6 nitrogen and oxygen atoms in total. The molecule has 1 N–H and O–H groups in total. The van der Waals surface area contributed by atoms with E-state index in [0.717, 1.165) is 22.3 Å². The molecule has 9 heteroatoms. The zero-order chi connectivity index (χ0) is 22.5. The van der Waals surface area contributed by atoms with Gasteiger partial charge < -0.3 is 24.0 Å². The maximum Gasteiger partial charge on any atom is 0.340 e. The summed E-state index contributed by atoms with van der Waals surface area (Å²) in [5.41, 5.74) is 2.91. The second kappa shape index (κ2) is 11.8. The Bertz CT molecular complexity index is 1070. The van der Waals surface area contributed by atoms with E-state index in [4.69, 9.17) is 9.47 Å². The van der Waals surface area contributed by atoms with E-state index in [9.17, 15) is 9.90 Å². The zero-order valence-electron chi connectivity index (χ0n) is 18.6. The first-order chi connectivity index (χ1) is 14.8. The molecule has 0 aliphatic heterocycles. The van der Waals surface area contributed by atoms with Crippen molar-refractivity contribution >= 4 is 57.0 Å². The number of ether oxygens (including phenoxy) is 2. The summed E-state index contributed by atoms with van der Waals surface area (Å²) in [6, 6.07) is 11.5. The number of carbonyl (C=O) groups is 1. The summed E-state index contributed by atoms with van der Waals surface area (Å²) < 4.78 is 13.8. The maximum atomic E-state index is 13.0. The minimum Gasteiger partial charge on any atom is -0.506 e. The summed E-state index contributed by atoms with van der Waals surface area (Å²) in [7, 11) is 5.79. The monoisotopic (exact) mass is 542 g/mol. The van der Waals surface area contributed by atoms with E-state index in [1.54, 1.807) is 18.7 Å². The molecule has 3 aromatic rings. The summed E-state index contributed by atoms with van der Waals surface area (Å²) in [5.74, 6) is 1.58. The standard InChI is InChI=1S/C23H27BrN2O4S.ClH/c1-5-29-23(28)21-19(13-31-14-30-15-9-7-6-8-10-15)26(4)18-11-17(24)22(27)16(20(18)21)12-25(2)3;/h6-11,27H,5,12-14H2,1-4H3;1H. The molecule has 0 amide bonds. The smallest absolute Gasteiger partial charge is 0.340 e. The fourth-order valence-corrected chi connectivity index (χ4v) is 4.80. The van der Waals surface area contributed by atoms with Crippen molar-refractivity contribution in [3.63, 3.8) is 0 Å². The van der Waals surface area contributed by atoms with Crippen LogP contribution in [0.5, 0.6) is 11.5 Å². The third-order valence-corrected chi connectivity index (χ3v) is 6.25. The van der Waals surface area contributed by atoms with Crippen LogP contribution >= 0.6 is 40.1 Å². The predicted molar refractivity (Wildman–Crippen MR) is 136 cm³/mol. The third-order valence-electron chi connectivity index (χ3n) is 4.88. The first-order valence-corrected chi connectivity index (χ1v) is 11.9. The Labute approximate surface area is 207 Å². The van der Waals surface area contributed by atoms with Crippen molar-refractivity contribution in [2.24, 2.45) is 7.05 Å². The molecule has 0 aliphatic carbocycles. The van der Waals surface area contributed by atoms with Crippen molar-refractivity contribution in [2.75, 3.05) is 26.6 Å². The van der Waals surface area contributed by atoms with Crippen LogP contribution in [0.25, 0.3) is 10.9 Å². The van der Waals surface area contributed by atoms with Gasteiger partial charge >= 0.3 is 5.97 Å². The van der Waals surface area contributed by atoms with Crippen LogP contribution in [0.4, 0.5) is 0 Å². The number of phenolic OH excluding ortho intramolecular Hbond substituents is 1. The number of para-hydroxylation sites is 1. The number of thioether (sulfide) groups is 1. The van der Waals surface area contributed by atoms with Gasteiger partial charge in [0.1, 0.15) is 17.4 Å². The fourth-order valence-electron chi connectivity index (χ4n) is 3.51. The molecule has 1 aromatic heterocycles. The van der Waals surface area contributed by atoms with Gasteiger partial charge in [-0.05, 0) is 55.1 Å². The number of aryl methyl sites for hydroxylation is 1. The van der Waals surface area contributed by atoms with Gasteiger partial charge in [-0.1, -0.05) is 18.2 Å². The lowest BCUT2D eigenvalue weighted by atomic mass is 10.0. The number of esters is 1. The van der Waals surface area contributed by atoms with Gasteiger partial charge in [-0.3, -0.25) is 0 Å². The molecule has 0 unspecified atom stereocenters. The largest absolute Gasteiger partial charge is 0.506 e. The van der Waals surface area contributed by atoms with E-state index in [1.807, 2.05) is 67.0 Å². The lowest BCUT2D eigenvalue weighted by molar-refractivity contribution is 0.0527. The van der Waals surface area contributed by atoms with Crippen LogP contribution in [0.1, 0.15) is 28.5 Å². The third kappa shape index (κ3) is 5.73. The zero-order valence-corrected chi connectivity index (χ0v) is 21.8. The Morgan fingerprint density at radius 1 is 1.25 bits per heavy atom. The molecule has 0 bridgehead atoms. The Morgan fingerprint density at radius 3 is 2.56 bits per heavy atom. The number of aromatic nitrogens is 1. The van der Waals surface area contributed by atoms with Gasteiger partial charge in [-0.25, -0.2) is 4.79 Å². The van der Waals surface area contributed by atoms with Gasteiger partial charge in [0.15, 0.2) is 0 Å².